The Morgan fingerprint density at radius 2 is 2.05 bits per heavy atom. The highest BCUT2D eigenvalue weighted by Crippen LogP contribution is 2.47. The molecule has 0 radical (unpaired) electrons. The van der Waals surface area contributed by atoms with Crippen molar-refractivity contribution in [3.05, 3.63) is 29.7 Å². The number of rotatable bonds is 2. The molecule has 0 spiro atoms. The maximum Gasteiger partial charge on any atom is 0.231 e. The van der Waals surface area contributed by atoms with Crippen LogP contribution in [0.5, 0.6) is 11.5 Å². The van der Waals surface area contributed by atoms with Crippen molar-refractivity contribution < 1.29 is 9.47 Å². The number of fused-ring (bicyclic) bond motifs is 1. The summed E-state index contributed by atoms with van der Waals surface area (Å²) in [7, 11) is 0. The number of nitrogens with one attached hydrogen (secondary N) is 1. The molecule has 5 heteroatoms. The Bertz CT molecular complexity index is 738. The molecule has 2 heterocycles. The highest BCUT2D eigenvalue weighted by atomic mass is 16.7. The Labute approximate surface area is 116 Å². The van der Waals surface area contributed by atoms with E-state index in [9.17, 15) is 5.26 Å². The average Bonchev–Trinajstić information content (AvgIpc) is 2.88. The molecule has 2 aliphatic rings. The van der Waals surface area contributed by atoms with E-state index in [4.69, 9.17) is 9.47 Å². The van der Waals surface area contributed by atoms with Crippen LogP contribution in [0.1, 0.15) is 24.2 Å². The number of aryl methyl sites for hydroxylation is 1. The minimum atomic E-state index is -0.386. The quantitative estimate of drug-likeness (QED) is 0.908. The molecule has 4 rings (SSSR count). The lowest BCUT2D eigenvalue weighted by Gasteiger charge is -2.06. The molecule has 100 valence electrons. The molecule has 0 bridgehead atoms. The van der Waals surface area contributed by atoms with Gasteiger partial charge in [0.25, 0.3) is 0 Å². The van der Waals surface area contributed by atoms with Gasteiger partial charge in [-0.05, 0) is 37.5 Å². The van der Waals surface area contributed by atoms with Crippen molar-refractivity contribution in [2.75, 3.05) is 6.79 Å². The third-order valence-corrected chi connectivity index (χ3v) is 4.00. The van der Waals surface area contributed by atoms with Crippen LogP contribution in [0.15, 0.2) is 18.3 Å². The fourth-order valence-electron chi connectivity index (χ4n) is 2.56. The second-order valence-electron chi connectivity index (χ2n) is 5.36. The van der Waals surface area contributed by atoms with Crippen LogP contribution in [0, 0.1) is 18.3 Å². The number of nitriles is 1. The fourth-order valence-corrected chi connectivity index (χ4v) is 2.56. The molecule has 1 aliphatic heterocycles. The van der Waals surface area contributed by atoms with Crippen molar-refractivity contribution >= 4 is 0 Å². The number of nitrogens with zero attached hydrogens (tertiary/aromatic N) is 2. The van der Waals surface area contributed by atoms with Gasteiger partial charge >= 0.3 is 0 Å². The van der Waals surface area contributed by atoms with Gasteiger partial charge in [0.15, 0.2) is 11.5 Å². The lowest BCUT2D eigenvalue weighted by Crippen LogP contribution is -2.04. The molecular weight excluding hydrogens is 254 g/mol. The summed E-state index contributed by atoms with van der Waals surface area (Å²) in [6.45, 7) is 2.29. The molecule has 1 saturated carbocycles. The predicted octanol–water partition coefficient (Wildman–Crippen LogP) is 2.67. The lowest BCUT2D eigenvalue weighted by molar-refractivity contribution is 0.174. The van der Waals surface area contributed by atoms with E-state index >= 15 is 0 Å². The van der Waals surface area contributed by atoms with Crippen molar-refractivity contribution in [3.63, 3.8) is 0 Å². The summed E-state index contributed by atoms with van der Waals surface area (Å²) in [5.74, 6) is 2.30. The largest absolute Gasteiger partial charge is 0.454 e. The van der Waals surface area contributed by atoms with Crippen LogP contribution in [0.4, 0.5) is 0 Å². The highest BCUT2D eigenvalue weighted by molar-refractivity contribution is 5.68. The Morgan fingerprint density at radius 1 is 1.30 bits per heavy atom. The maximum absolute atomic E-state index is 9.22. The Kier molecular flexibility index (Phi) is 2.14. The zero-order valence-corrected chi connectivity index (χ0v) is 11.1. The lowest BCUT2D eigenvalue weighted by atomic mass is 10.1. The molecule has 1 N–H and O–H groups in total. The molecule has 0 saturated heterocycles. The third kappa shape index (κ3) is 1.51. The van der Waals surface area contributed by atoms with Gasteiger partial charge in [0.1, 0.15) is 11.2 Å². The van der Waals surface area contributed by atoms with Gasteiger partial charge in [-0.2, -0.15) is 5.26 Å². The first-order chi connectivity index (χ1) is 9.72. The molecule has 1 fully saturated rings. The second kappa shape index (κ2) is 3.76. The monoisotopic (exact) mass is 267 g/mol. The second-order valence-corrected chi connectivity index (χ2v) is 5.36. The number of benzene rings is 1. The fraction of sp³-hybridized carbons (Fsp3) is 0.333. The van der Waals surface area contributed by atoms with E-state index < -0.39 is 0 Å². The van der Waals surface area contributed by atoms with Crippen LogP contribution in [0.2, 0.25) is 0 Å². The summed E-state index contributed by atoms with van der Waals surface area (Å²) in [4.78, 5) is 7.67. The van der Waals surface area contributed by atoms with E-state index in [1.807, 2.05) is 19.1 Å². The van der Waals surface area contributed by atoms with Crippen LogP contribution in [0.25, 0.3) is 11.3 Å². The number of hydrogen-bond donors (Lipinski definition) is 1. The summed E-state index contributed by atoms with van der Waals surface area (Å²) in [6.07, 6.45) is 3.56. The number of aromatic amines is 1. The van der Waals surface area contributed by atoms with E-state index in [-0.39, 0.29) is 12.2 Å². The smallest absolute Gasteiger partial charge is 0.231 e. The number of ether oxygens (including phenoxy) is 2. The molecular formula is C15H13N3O2. The average molecular weight is 267 g/mol. The van der Waals surface area contributed by atoms with Crippen LogP contribution in [0.3, 0.4) is 0 Å². The zero-order chi connectivity index (χ0) is 13.7. The minimum Gasteiger partial charge on any atom is -0.454 e. The molecule has 5 nitrogen and oxygen atoms in total. The molecule has 1 aromatic carbocycles. The minimum absolute atomic E-state index is 0.268. The molecule has 0 atom stereocenters. The van der Waals surface area contributed by atoms with Gasteiger partial charge in [-0.1, -0.05) is 0 Å². The summed E-state index contributed by atoms with van der Waals surface area (Å²) < 4.78 is 10.8. The first-order valence-corrected chi connectivity index (χ1v) is 6.59. The molecule has 0 amide bonds. The Morgan fingerprint density at radius 3 is 2.75 bits per heavy atom. The molecule has 2 aromatic rings. The van der Waals surface area contributed by atoms with E-state index in [1.54, 1.807) is 6.20 Å². The molecule has 0 unspecified atom stereocenters. The number of H-pyrrole nitrogens is 1. The van der Waals surface area contributed by atoms with Gasteiger partial charge < -0.3 is 14.5 Å². The standard InChI is InChI=1S/C15H13N3O2/c1-9-4-12-13(20-8-19-12)5-10(9)11-6-17-14(18-11)15(7-16)2-3-15/h4-6H,2-3,8H2,1H3,(H,17,18). The van der Waals surface area contributed by atoms with Gasteiger partial charge in [0.05, 0.1) is 18.0 Å². The summed E-state index contributed by atoms with van der Waals surface area (Å²) >= 11 is 0. The SMILES string of the molecule is Cc1cc2c(cc1-c1cnc(C3(C#N)CC3)[nH]1)OCO2. The van der Waals surface area contributed by atoms with Gasteiger partial charge in [0.2, 0.25) is 6.79 Å². The van der Waals surface area contributed by atoms with Gasteiger partial charge in [-0.3, -0.25) is 0 Å². The van der Waals surface area contributed by atoms with Crippen LogP contribution >= 0.6 is 0 Å². The Balaban J connectivity index is 1.77. The molecule has 1 aliphatic carbocycles. The zero-order valence-electron chi connectivity index (χ0n) is 11.1. The maximum atomic E-state index is 9.22. The number of hydrogen-bond acceptors (Lipinski definition) is 4. The van der Waals surface area contributed by atoms with E-state index in [1.165, 1.54) is 0 Å². The van der Waals surface area contributed by atoms with Crippen LogP contribution < -0.4 is 9.47 Å². The number of imidazole rings is 1. The molecule has 20 heavy (non-hydrogen) atoms. The van der Waals surface area contributed by atoms with E-state index in [2.05, 4.69) is 16.0 Å². The third-order valence-electron chi connectivity index (χ3n) is 4.00. The Hall–Kier alpha value is -2.48. The topological polar surface area (TPSA) is 70.9 Å². The van der Waals surface area contributed by atoms with Crippen molar-refractivity contribution in [1.29, 1.82) is 5.26 Å². The normalized spacial score (nSPS) is 17.8. The summed E-state index contributed by atoms with van der Waals surface area (Å²) in [6, 6.07) is 6.28. The predicted molar refractivity (Wildman–Crippen MR) is 71.4 cm³/mol. The molecule has 1 aromatic heterocycles. The first kappa shape index (κ1) is 11.4. The van der Waals surface area contributed by atoms with E-state index in [0.717, 1.165) is 47.0 Å². The van der Waals surface area contributed by atoms with Gasteiger partial charge in [-0.25, -0.2) is 4.98 Å². The first-order valence-electron chi connectivity index (χ1n) is 6.59. The number of aromatic nitrogens is 2. The van der Waals surface area contributed by atoms with Crippen LogP contribution in [-0.4, -0.2) is 16.8 Å². The van der Waals surface area contributed by atoms with Crippen molar-refractivity contribution in [1.82, 2.24) is 9.97 Å². The van der Waals surface area contributed by atoms with Crippen molar-refractivity contribution in [2.45, 2.75) is 25.2 Å². The van der Waals surface area contributed by atoms with Crippen LogP contribution in [-0.2, 0) is 5.41 Å². The van der Waals surface area contributed by atoms with Crippen molar-refractivity contribution in [3.8, 4) is 28.8 Å². The van der Waals surface area contributed by atoms with E-state index in [0.29, 0.717) is 0 Å². The van der Waals surface area contributed by atoms with Crippen molar-refractivity contribution in [2.24, 2.45) is 0 Å². The highest BCUT2D eigenvalue weighted by Gasteiger charge is 2.47. The van der Waals surface area contributed by atoms with Gasteiger partial charge in [0, 0.05) is 5.56 Å². The summed E-state index contributed by atoms with van der Waals surface area (Å²) in [5, 5.41) is 9.22. The van der Waals surface area contributed by atoms with Gasteiger partial charge in [-0.15, -0.1) is 0 Å². The summed E-state index contributed by atoms with van der Waals surface area (Å²) in [5.41, 5.74) is 2.65.